The predicted molar refractivity (Wildman–Crippen MR) is 36.6 cm³/mol. The van der Waals surface area contributed by atoms with E-state index in [1.54, 1.807) is 0 Å². The van der Waals surface area contributed by atoms with Crippen LogP contribution in [-0.2, 0) is 0 Å². The molecule has 0 aromatic rings. The predicted octanol–water partition coefficient (Wildman–Crippen LogP) is 0.0782. The molecular weight excluding hydrogens is 114 g/mol. The van der Waals surface area contributed by atoms with Crippen molar-refractivity contribution in [3.63, 3.8) is 0 Å². The van der Waals surface area contributed by atoms with Crippen LogP contribution in [0.25, 0.3) is 0 Å². The molecule has 1 aliphatic heterocycles. The van der Waals surface area contributed by atoms with Gasteiger partial charge in [0.05, 0.1) is 0 Å². The van der Waals surface area contributed by atoms with Crippen molar-refractivity contribution in [2.24, 2.45) is 0 Å². The Balaban J connectivity index is 2.24. The molecule has 3 heteroatoms. The Morgan fingerprint density at radius 3 is 2.89 bits per heavy atom. The zero-order chi connectivity index (χ0) is 6.69. The van der Waals surface area contributed by atoms with Crippen molar-refractivity contribution in [3.05, 3.63) is 0 Å². The molecule has 0 saturated carbocycles. The molecule has 0 aromatic heterocycles. The lowest BCUT2D eigenvalue weighted by Gasteiger charge is -2.23. The fraction of sp³-hybridized carbons (Fsp3) is 1.00. The molecule has 0 unspecified atom stereocenters. The summed E-state index contributed by atoms with van der Waals surface area (Å²) in [7, 11) is 2.06. The largest absolute Gasteiger partial charge is 0.230 e. The first-order valence-corrected chi connectivity index (χ1v) is 3.50. The third-order valence-electron chi connectivity index (χ3n) is 1.63. The standard InChI is InChI=1S/C6H14N3/c1-3-8(2)9-6-4-5-7-9/h3-6H2,1-2H3. The molecule has 0 bridgehead atoms. The molecule has 1 fully saturated rings. The van der Waals surface area contributed by atoms with Gasteiger partial charge in [-0.2, -0.15) is 5.12 Å². The van der Waals surface area contributed by atoms with E-state index in [1.807, 2.05) is 5.12 Å². The third-order valence-corrected chi connectivity index (χ3v) is 1.63. The number of hydrogen-bond acceptors (Lipinski definition) is 2. The van der Waals surface area contributed by atoms with E-state index in [0.717, 1.165) is 19.6 Å². The van der Waals surface area contributed by atoms with Gasteiger partial charge >= 0.3 is 0 Å². The van der Waals surface area contributed by atoms with Gasteiger partial charge in [0.15, 0.2) is 0 Å². The summed E-state index contributed by atoms with van der Waals surface area (Å²) in [6, 6.07) is 0. The first kappa shape index (κ1) is 6.99. The highest BCUT2D eigenvalue weighted by Crippen LogP contribution is 2.00. The smallest absolute Gasteiger partial charge is 0.0334 e. The van der Waals surface area contributed by atoms with E-state index < -0.39 is 0 Å². The molecule has 3 nitrogen and oxygen atoms in total. The molecular formula is C6H14N3. The number of hydrazine groups is 1. The van der Waals surface area contributed by atoms with E-state index in [1.165, 1.54) is 6.42 Å². The van der Waals surface area contributed by atoms with Crippen molar-refractivity contribution in [3.8, 4) is 0 Å². The van der Waals surface area contributed by atoms with Crippen molar-refractivity contribution in [1.29, 1.82) is 0 Å². The van der Waals surface area contributed by atoms with Gasteiger partial charge in [0.1, 0.15) is 0 Å². The fourth-order valence-electron chi connectivity index (χ4n) is 0.911. The lowest BCUT2D eigenvalue weighted by molar-refractivity contribution is -0.0197. The lowest BCUT2D eigenvalue weighted by atomic mass is 10.5. The summed E-state index contributed by atoms with van der Waals surface area (Å²) in [4.78, 5) is 0. The lowest BCUT2D eigenvalue weighted by Crippen LogP contribution is -2.40. The third kappa shape index (κ3) is 1.64. The summed E-state index contributed by atoms with van der Waals surface area (Å²) < 4.78 is 0. The second-order valence-corrected chi connectivity index (χ2v) is 2.29. The highest BCUT2D eigenvalue weighted by molar-refractivity contribution is 4.56. The van der Waals surface area contributed by atoms with Gasteiger partial charge < -0.3 is 0 Å². The van der Waals surface area contributed by atoms with E-state index in [-0.39, 0.29) is 0 Å². The Morgan fingerprint density at radius 1 is 1.67 bits per heavy atom. The summed E-state index contributed by atoms with van der Waals surface area (Å²) in [6.07, 6.45) is 1.21. The average Bonchev–Trinajstić information content (AvgIpc) is 2.37. The molecule has 0 atom stereocenters. The van der Waals surface area contributed by atoms with Crippen LogP contribution in [-0.4, -0.2) is 36.8 Å². The van der Waals surface area contributed by atoms with Gasteiger partial charge in [0.25, 0.3) is 0 Å². The van der Waals surface area contributed by atoms with Gasteiger partial charge in [-0.05, 0) is 6.42 Å². The maximum atomic E-state index is 4.27. The molecule has 1 heterocycles. The van der Waals surface area contributed by atoms with Crippen LogP contribution >= 0.6 is 0 Å². The summed E-state index contributed by atoms with van der Waals surface area (Å²) in [5.41, 5.74) is 4.27. The second kappa shape index (κ2) is 3.15. The van der Waals surface area contributed by atoms with E-state index in [0.29, 0.717) is 0 Å². The van der Waals surface area contributed by atoms with Crippen molar-refractivity contribution in [2.45, 2.75) is 13.3 Å². The minimum Gasteiger partial charge on any atom is -0.230 e. The van der Waals surface area contributed by atoms with Gasteiger partial charge in [0.2, 0.25) is 0 Å². The van der Waals surface area contributed by atoms with Crippen LogP contribution in [0, 0.1) is 0 Å². The monoisotopic (exact) mass is 128 g/mol. The van der Waals surface area contributed by atoms with Gasteiger partial charge in [-0.3, -0.25) is 0 Å². The molecule has 1 aliphatic rings. The van der Waals surface area contributed by atoms with Crippen LogP contribution < -0.4 is 5.43 Å². The maximum absolute atomic E-state index is 4.27. The molecule has 53 valence electrons. The molecule has 1 saturated heterocycles. The Morgan fingerprint density at radius 2 is 2.44 bits per heavy atom. The van der Waals surface area contributed by atoms with Crippen LogP contribution in [0.2, 0.25) is 0 Å². The number of hydrogen-bond donors (Lipinski definition) is 0. The Labute approximate surface area is 56.6 Å². The highest BCUT2D eigenvalue weighted by atomic mass is 15.8. The zero-order valence-corrected chi connectivity index (χ0v) is 6.17. The van der Waals surface area contributed by atoms with Crippen LogP contribution in [0.15, 0.2) is 0 Å². The summed E-state index contributed by atoms with van der Waals surface area (Å²) in [5, 5.41) is 4.17. The molecule has 0 amide bonds. The van der Waals surface area contributed by atoms with Gasteiger partial charge in [0, 0.05) is 26.7 Å². The first-order valence-electron chi connectivity index (χ1n) is 3.50. The Kier molecular flexibility index (Phi) is 2.45. The molecule has 1 radical (unpaired) electrons. The van der Waals surface area contributed by atoms with Crippen LogP contribution in [0.3, 0.4) is 0 Å². The Hall–Kier alpha value is -0.120. The van der Waals surface area contributed by atoms with Crippen molar-refractivity contribution in [1.82, 2.24) is 15.6 Å². The van der Waals surface area contributed by atoms with Gasteiger partial charge in [-0.1, -0.05) is 6.92 Å². The molecule has 0 spiro atoms. The van der Waals surface area contributed by atoms with Gasteiger partial charge in [-0.25, -0.2) is 5.01 Å². The van der Waals surface area contributed by atoms with Crippen molar-refractivity contribution < 1.29 is 0 Å². The minimum atomic E-state index is 1.00. The van der Waals surface area contributed by atoms with Crippen LogP contribution in [0.1, 0.15) is 13.3 Å². The van der Waals surface area contributed by atoms with Crippen molar-refractivity contribution >= 4 is 0 Å². The normalized spacial score (nSPS) is 21.7. The van der Waals surface area contributed by atoms with Crippen molar-refractivity contribution in [2.75, 3.05) is 26.7 Å². The molecule has 0 aliphatic carbocycles. The Bertz CT molecular complexity index is 78.4. The summed E-state index contributed by atoms with van der Waals surface area (Å²) in [5.74, 6) is 0. The topological polar surface area (TPSA) is 20.6 Å². The van der Waals surface area contributed by atoms with E-state index in [9.17, 15) is 0 Å². The quantitative estimate of drug-likeness (QED) is 0.525. The summed E-state index contributed by atoms with van der Waals surface area (Å²) in [6.45, 7) is 5.28. The van der Waals surface area contributed by atoms with E-state index in [4.69, 9.17) is 0 Å². The average molecular weight is 128 g/mol. The second-order valence-electron chi connectivity index (χ2n) is 2.29. The molecule has 9 heavy (non-hydrogen) atoms. The first-order chi connectivity index (χ1) is 4.34. The molecule has 0 aromatic carbocycles. The molecule has 0 N–H and O–H groups in total. The highest BCUT2D eigenvalue weighted by Gasteiger charge is 2.14. The van der Waals surface area contributed by atoms with Crippen LogP contribution in [0.5, 0.6) is 0 Å². The fourth-order valence-corrected chi connectivity index (χ4v) is 0.911. The van der Waals surface area contributed by atoms with E-state index >= 15 is 0 Å². The van der Waals surface area contributed by atoms with Gasteiger partial charge in [-0.15, -0.1) is 5.43 Å². The van der Waals surface area contributed by atoms with Crippen LogP contribution in [0.4, 0.5) is 0 Å². The number of rotatable bonds is 2. The summed E-state index contributed by atoms with van der Waals surface area (Å²) >= 11 is 0. The molecule has 1 rings (SSSR count). The van der Waals surface area contributed by atoms with E-state index in [2.05, 4.69) is 24.4 Å². The maximum Gasteiger partial charge on any atom is 0.0334 e. The minimum absolute atomic E-state index is 1.00. The zero-order valence-electron chi connectivity index (χ0n) is 6.17. The number of nitrogens with zero attached hydrogens (tertiary/aromatic N) is 3. The SMILES string of the molecule is CCN(C)N1CCC[N]1.